The van der Waals surface area contributed by atoms with Crippen molar-refractivity contribution < 1.29 is 9.18 Å². The second-order valence-electron chi connectivity index (χ2n) is 8.56. The fourth-order valence-corrected chi connectivity index (χ4v) is 4.33. The van der Waals surface area contributed by atoms with E-state index < -0.39 is 5.91 Å². The van der Waals surface area contributed by atoms with E-state index in [4.69, 9.17) is 5.73 Å². The molecule has 0 atom stereocenters. The van der Waals surface area contributed by atoms with Crippen LogP contribution in [-0.2, 0) is 6.42 Å². The number of benzene rings is 2. The number of carbonyl (C=O) groups is 1. The summed E-state index contributed by atoms with van der Waals surface area (Å²) in [6.07, 6.45) is 2.38. The SMILES string of the molecule is Cc1cc(C)c(Cc2cn(C(C)C)c3cc(-c4ccc(F)cc4)cc(C(N)=O)c23)c(=O)[nH]1. The Morgan fingerprint density at radius 1 is 1.09 bits per heavy atom. The first-order valence-electron chi connectivity index (χ1n) is 10.6. The van der Waals surface area contributed by atoms with Crippen LogP contribution >= 0.6 is 0 Å². The molecule has 0 saturated heterocycles. The molecular formula is C26H26FN3O2. The highest BCUT2D eigenvalue weighted by atomic mass is 19.1. The van der Waals surface area contributed by atoms with Crippen molar-refractivity contribution in [1.29, 1.82) is 0 Å². The number of nitrogens with two attached hydrogens (primary N) is 1. The highest BCUT2D eigenvalue weighted by molar-refractivity contribution is 6.09. The predicted octanol–water partition coefficient (Wildman–Crippen LogP) is 5.02. The number of aromatic nitrogens is 2. The minimum absolute atomic E-state index is 0.118. The second-order valence-corrected chi connectivity index (χ2v) is 8.56. The van der Waals surface area contributed by atoms with Gasteiger partial charge in [-0.05, 0) is 80.3 Å². The van der Waals surface area contributed by atoms with Crippen molar-refractivity contribution in [1.82, 2.24) is 9.55 Å². The quantitative estimate of drug-likeness (QED) is 0.465. The molecule has 32 heavy (non-hydrogen) atoms. The van der Waals surface area contributed by atoms with Crippen molar-refractivity contribution in [2.75, 3.05) is 0 Å². The summed E-state index contributed by atoms with van der Waals surface area (Å²) in [5.74, 6) is -0.868. The van der Waals surface area contributed by atoms with E-state index >= 15 is 0 Å². The van der Waals surface area contributed by atoms with E-state index in [0.717, 1.165) is 38.9 Å². The van der Waals surface area contributed by atoms with Crippen molar-refractivity contribution in [3.63, 3.8) is 0 Å². The molecule has 0 aliphatic heterocycles. The van der Waals surface area contributed by atoms with Crippen LogP contribution in [0.2, 0.25) is 0 Å². The van der Waals surface area contributed by atoms with E-state index in [1.165, 1.54) is 12.1 Å². The highest BCUT2D eigenvalue weighted by Gasteiger charge is 2.20. The highest BCUT2D eigenvalue weighted by Crippen LogP contribution is 2.34. The van der Waals surface area contributed by atoms with Gasteiger partial charge in [0.15, 0.2) is 0 Å². The van der Waals surface area contributed by atoms with Crippen LogP contribution in [0.5, 0.6) is 0 Å². The molecule has 0 radical (unpaired) electrons. The normalized spacial score (nSPS) is 11.4. The van der Waals surface area contributed by atoms with Crippen molar-refractivity contribution >= 4 is 16.8 Å². The predicted molar refractivity (Wildman–Crippen MR) is 126 cm³/mol. The molecule has 4 rings (SSSR count). The van der Waals surface area contributed by atoms with E-state index in [1.54, 1.807) is 18.2 Å². The van der Waals surface area contributed by atoms with Gasteiger partial charge in [0, 0.05) is 46.4 Å². The molecule has 0 spiro atoms. The number of amides is 1. The molecule has 0 aliphatic rings. The van der Waals surface area contributed by atoms with Crippen LogP contribution in [0.25, 0.3) is 22.0 Å². The maximum absolute atomic E-state index is 13.4. The maximum Gasteiger partial charge on any atom is 0.251 e. The lowest BCUT2D eigenvalue weighted by atomic mass is 9.95. The lowest BCUT2D eigenvalue weighted by molar-refractivity contribution is 0.100. The third-order valence-electron chi connectivity index (χ3n) is 5.87. The van der Waals surface area contributed by atoms with Gasteiger partial charge in [-0.1, -0.05) is 12.1 Å². The minimum atomic E-state index is -0.545. The van der Waals surface area contributed by atoms with E-state index in [-0.39, 0.29) is 17.4 Å². The van der Waals surface area contributed by atoms with Crippen molar-refractivity contribution in [2.24, 2.45) is 5.73 Å². The molecule has 3 N–H and O–H groups in total. The van der Waals surface area contributed by atoms with Gasteiger partial charge in [-0.3, -0.25) is 9.59 Å². The Balaban J connectivity index is 1.98. The zero-order valence-corrected chi connectivity index (χ0v) is 18.6. The number of rotatable bonds is 5. The molecule has 0 unspecified atom stereocenters. The fraction of sp³-hybridized carbons (Fsp3) is 0.231. The number of aromatic amines is 1. The standard InChI is InChI=1S/C26H26FN3O2/c1-14(2)30-13-19(11-21-15(3)9-16(4)29-26(21)32)24-22(25(28)31)10-18(12-23(24)30)17-5-7-20(27)8-6-17/h5-10,12-14H,11H2,1-4H3,(H2,28,31)(H,29,32). The van der Waals surface area contributed by atoms with Crippen LogP contribution in [0.3, 0.4) is 0 Å². The molecule has 4 aromatic rings. The van der Waals surface area contributed by atoms with E-state index in [9.17, 15) is 14.0 Å². The van der Waals surface area contributed by atoms with Crippen LogP contribution in [-0.4, -0.2) is 15.5 Å². The molecular weight excluding hydrogens is 405 g/mol. The number of H-pyrrole nitrogens is 1. The molecule has 0 bridgehead atoms. The molecule has 6 heteroatoms. The van der Waals surface area contributed by atoms with Crippen LogP contribution in [0.1, 0.15) is 52.6 Å². The molecule has 0 fully saturated rings. The molecule has 0 saturated carbocycles. The van der Waals surface area contributed by atoms with Gasteiger partial charge in [0.25, 0.3) is 5.56 Å². The number of halogens is 1. The number of pyridine rings is 1. The summed E-state index contributed by atoms with van der Waals surface area (Å²) in [6, 6.07) is 11.9. The molecule has 1 amide bonds. The third kappa shape index (κ3) is 3.84. The number of nitrogens with one attached hydrogen (secondary N) is 1. The smallest absolute Gasteiger partial charge is 0.251 e. The van der Waals surface area contributed by atoms with Crippen LogP contribution < -0.4 is 11.3 Å². The minimum Gasteiger partial charge on any atom is -0.366 e. The Morgan fingerprint density at radius 3 is 2.38 bits per heavy atom. The number of primary amides is 1. The van der Waals surface area contributed by atoms with Gasteiger partial charge in [-0.15, -0.1) is 0 Å². The van der Waals surface area contributed by atoms with Gasteiger partial charge in [-0.2, -0.15) is 0 Å². The van der Waals surface area contributed by atoms with Gasteiger partial charge in [0.2, 0.25) is 5.91 Å². The van der Waals surface area contributed by atoms with Gasteiger partial charge >= 0.3 is 0 Å². The average Bonchev–Trinajstić information content (AvgIpc) is 3.09. The topological polar surface area (TPSA) is 80.9 Å². The first-order valence-corrected chi connectivity index (χ1v) is 10.6. The van der Waals surface area contributed by atoms with E-state index in [0.29, 0.717) is 17.5 Å². The van der Waals surface area contributed by atoms with Gasteiger partial charge in [-0.25, -0.2) is 4.39 Å². The van der Waals surface area contributed by atoms with E-state index in [2.05, 4.69) is 23.4 Å². The third-order valence-corrected chi connectivity index (χ3v) is 5.87. The Bertz CT molecular complexity index is 1400. The number of hydrogen-bond acceptors (Lipinski definition) is 2. The van der Waals surface area contributed by atoms with E-state index in [1.807, 2.05) is 32.2 Å². The maximum atomic E-state index is 13.4. The first-order chi connectivity index (χ1) is 15.2. The lowest BCUT2D eigenvalue weighted by Gasteiger charge is -2.12. The summed E-state index contributed by atoms with van der Waals surface area (Å²) < 4.78 is 15.5. The summed E-state index contributed by atoms with van der Waals surface area (Å²) >= 11 is 0. The number of aryl methyl sites for hydroxylation is 2. The van der Waals surface area contributed by atoms with Crippen LogP contribution in [0.4, 0.5) is 4.39 Å². The van der Waals surface area contributed by atoms with Crippen LogP contribution in [0, 0.1) is 19.7 Å². The summed E-state index contributed by atoms with van der Waals surface area (Å²) in [5.41, 5.74) is 11.7. The molecule has 164 valence electrons. The van der Waals surface area contributed by atoms with Gasteiger partial charge < -0.3 is 15.3 Å². The Morgan fingerprint density at radius 2 is 1.78 bits per heavy atom. The number of nitrogens with zero attached hydrogens (tertiary/aromatic N) is 1. The summed E-state index contributed by atoms with van der Waals surface area (Å²) in [6.45, 7) is 7.88. The van der Waals surface area contributed by atoms with Crippen molar-refractivity contribution in [3.8, 4) is 11.1 Å². The summed E-state index contributed by atoms with van der Waals surface area (Å²) in [4.78, 5) is 28.0. The lowest BCUT2D eigenvalue weighted by Crippen LogP contribution is -2.16. The molecule has 5 nitrogen and oxygen atoms in total. The average molecular weight is 432 g/mol. The number of hydrogen-bond donors (Lipinski definition) is 2. The Labute approximate surface area is 185 Å². The summed E-state index contributed by atoms with van der Waals surface area (Å²) in [7, 11) is 0. The van der Waals surface area contributed by atoms with Gasteiger partial charge in [0.1, 0.15) is 5.82 Å². The monoisotopic (exact) mass is 431 g/mol. The van der Waals surface area contributed by atoms with Gasteiger partial charge in [0.05, 0.1) is 0 Å². The Hall–Kier alpha value is -3.67. The molecule has 0 aliphatic carbocycles. The van der Waals surface area contributed by atoms with Crippen molar-refractivity contribution in [3.05, 3.63) is 92.8 Å². The number of carbonyl (C=O) groups excluding carboxylic acids is 1. The molecule has 2 heterocycles. The van der Waals surface area contributed by atoms with Crippen molar-refractivity contribution in [2.45, 2.75) is 40.2 Å². The Kier molecular flexibility index (Phi) is 5.46. The first kappa shape index (κ1) is 21.6. The summed E-state index contributed by atoms with van der Waals surface area (Å²) in [5, 5.41) is 0.747. The molecule has 2 aromatic heterocycles. The molecule has 2 aromatic carbocycles. The fourth-order valence-electron chi connectivity index (χ4n) is 4.33. The zero-order chi connectivity index (χ0) is 23.2. The zero-order valence-electron chi connectivity index (χ0n) is 18.6. The largest absolute Gasteiger partial charge is 0.366 e. The second kappa shape index (κ2) is 8.11. The number of fused-ring (bicyclic) bond motifs is 1. The van der Waals surface area contributed by atoms with Crippen LogP contribution in [0.15, 0.2) is 53.5 Å².